The zero-order valence-corrected chi connectivity index (χ0v) is 14.0. The molecule has 9 heteroatoms. The maximum atomic E-state index is 12.3. The molecule has 0 aliphatic rings. The molecular formula is C15H24N2O7. The molecule has 0 aliphatic carbocycles. The van der Waals surface area contributed by atoms with Gasteiger partial charge in [0.1, 0.15) is 6.04 Å². The highest BCUT2D eigenvalue weighted by Crippen LogP contribution is 2.05. The molecule has 2 unspecified atom stereocenters. The zero-order chi connectivity index (χ0) is 18.9. The molecule has 24 heavy (non-hydrogen) atoms. The number of nitrogens with one attached hydrogen (secondary N) is 2. The van der Waals surface area contributed by atoms with Crippen LogP contribution in [0.1, 0.15) is 46.5 Å². The lowest BCUT2D eigenvalue weighted by Gasteiger charge is -2.22. The Bertz CT molecular complexity index is 502. The van der Waals surface area contributed by atoms with Crippen LogP contribution in [0.25, 0.3) is 0 Å². The summed E-state index contributed by atoms with van der Waals surface area (Å²) in [6.07, 6.45) is -0.859. The van der Waals surface area contributed by atoms with E-state index in [-0.39, 0.29) is 25.7 Å². The summed E-state index contributed by atoms with van der Waals surface area (Å²) in [4.78, 5) is 56.8. The minimum Gasteiger partial charge on any atom is -0.481 e. The fourth-order valence-electron chi connectivity index (χ4n) is 1.79. The summed E-state index contributed by atoms with van der Waals surface area (Å²) in [6.45, 7) is 4.45. The number of hydrogen-bond donors (Lipinski definition) is 4. The lowest BCUT2D eigenvalue weighted by atomic mass is 10.0. The van der Waals surface area contributed by atoms with Gasteiger partial charge in [-0.05, 0) is 19.8 Å². The molecule has 2 amide bonds. The van der Waals surface area contributed by atoms with Gasteiger partial charge in [-0.15, -0.1) is 0 Å². The van der Waals surface area contributed by atoms with Gasteiger partial charge < -0.3 is 20.8 Å². The molecule has 0 fully saturated rings. The zero-order valence-electron chi connectivity index (χ0n) is 14.0. The second-order valence-corrected chi connectivity index (χ2v) is 5.75. The Balaban J connectivity index is 4.97. The summed E-state index contributed by atoms with van der Waals surface area (Å²) in [7, 11) is 0. The average Bonchev–Trinajstić information content (AvgIpc) is 2.46. The van der Waals surface area contributed by atoms with Crippen molar-refractivity contribution in [1.82, 2.24) is 10.6 Å². The Labute approximate surface area is 139 Å². The maximum absolute atomic E-state index is 12.3. The molecule has 0 aromatic heterocycles. The number of carbonyl (C=O) groups is 5. The van der Waals surface area contributed by atoms with E-state index in [0.717, 1.165) is 0 Å². The van der Waals surface area contributed by atoms with E-state index in [1.54, 1.807) is 13.8 Å². The largest absolute Gasteiger partial charge is 0.481 e. The number of carboxylic acid groups (broad SMARTS) is 2. The minimum atomic E-state index is -1.12. The highest BCUT2D eigenvalue weighted by Gasteiger charge is 2.26. The van der Waals surface area contributed by atoms with Crippen LogP contribution in [0.3, 0.4) is 0 Å². The first kappa shape index (κ1) is 21.6. The van der Waals surface area contributed by atoms with Crippen molar-refractivity contribution in [3.63, 3.8) is 0 Å². The van der Waals surface area contributed by atoms with Gasteiger partial charge in [0.25, 0.3) is 0 Å². The topological polar surface area (TPSA) is 150 Å². The van der Waals surface area contributed by atoms with Crippen molar-refractivity contribution in [3.05, 3.63) is 0 Å². The maximum Gasteiger partial charge on any atom is 0.303 e. The van der Waals surface area contributed by atoms with Crippen molar-refractivity contribution >= 4 is 29.5 Å². The molecule has 0 aromatic carbocycles. The molecule has 0 rings (SSSR count). The molecule has 0 saturated carbocycles. The van der Waals surface area contributed by atoms with Gasteiger partial charge in [-0.25, -0.2) is 0 Å². The van der Waals surface area contributed by atoms with E-state index in [1.165, 1.54) is 6.92 Å². The number of ketones is 1. The summed E-state index contributed by atoms with van der Waals surface area (Å²) in [5.41, 5.74) is 0. The molecule has 0 radical (unpaired) electrons. The number of aliphatic carboxylic acids is 2. The average molecular weight is 344 g/mol. The third-order valence-electron chi connectivity index (χ3n) is 3.26. The van der Waals surface area contributed by atoms with Crippen LogP contribution < -0.4 is 10.6 Å². The van der Waals surface area contributed by atoms with Crippen molar-refractivity contribution in [3.8, 4) is 0 Å². The van der Waals surface area contributed by atoms with Gasteiger partial charge in [-0.3, -0.25) is 24.0 Å². The van der Waals surface area contributed by atoms with Gasteiger partial charge in [0.2, 0.25) is 11.8 Å². The standard InChI is InChI=1S/C15H24N2O7/c1-8(2)14(23)17-11(5-7-13(21)22)15(24)16-10(9(3)18)4-6-12(19)20/h8,10-11H,4-7H2,1-3H3,(H,16,24)(H,17,23)(H,19,20)(H,21,22). The molecular weight excluding hydrogens is 320 g/mol. The first-order chi connectivity index (χ1) is 11.0. The number of Topliss-reactive ketones (excluding diaryl/α,β-unsaturated/α-hetero) is 1. The highest BCUT2D eigenvalue weighted by atomic mass is 16.4. The second kappa shape index (κ2) is 10.3. The van der Waals surface area contributed by atoms with Crippen molar-refractivity contribution in [1.29, 1.82) is 0 Å². The smallest absolute Gasteiger partial charge is 0.303 e. The summed E-state index contributed by atoms with van der Waals surface area (Å²) in [6, 6.07) is -2.11. The van der Waals surface area contributed by atoms with E-state index >= 15 is 0 Å². The van der Waals surface area contributed by atoms with Gasteiger partial charge in [-0.1, -0.05) is 13.8 Å². The normalized spacial score (nSPS) is 13.0. The first-order valence-corrected chi connectivity index (χ1v) is 7.59. The van der Waals surface area contributed by atoms with Crippen LogP contribution in [0.2, 0.25) is 0 Å². The first-order valence-electron chi connectivity index (χ1n) is 7.59. The van der Waals surface area contributed by atoms with Crippen LogP contribution >= 0.6 is 0 Å². The fourth-order valence-corrected chi connectivity index (χ4v) is 1.79. The molecule has 0 aliphatic heterocycles. The van der Waals surface area contributed by atoms with Gasteiger partial charge in [-0.2, -0.15) is 0 Å². The van der Waals surface area contributed by atoms with Crippen LogP contribution in [0.15, 0.2) is 0 Å². The monoisotopic (exact) mass is 344 g/mol. The molecule has 9 nitrogen and oxygen atoms in total. The third kappa shape index (κ3) is 8.86. The Morgan fingerprint density at radius 3 is 1.58 bits per heavy atom. The van der Waals surface area contributed by atoms with Crippen molar-refractivity contribution in [2.75, 3.05) is 0 Å². The predicted octanol–water partition coefficient (Wildman–Crippen LogP) is -0.0694. The number of carbonyl (C=O) groups excluding carboxylic acids is 3. The number of amides is 2. The molecule has 2 atom stereocenters. The molecule has 0 saturated heterocycles. The van der Waals surface area contributed by atoms with E-state index in [9.17, 15) is 24.0 Å². The van der Waals surface area contributed by atoms with Crippen molar-refractivity contribution < 1.29 is 34.2 Å². The molecule has 136 valence electrons. The van der Waals surface area contributed by atoms with Gasteiger partial charge in [0.15, 0.2) is 5.78 Å². The summed E-state index contributed by atoms with van der Waals surface area (Å²) < 4.78 is 0. The van der Waals surface area contributed by atoms with Crippen molar-refractivity contribution in [2.45, 2.75) is 58.5 Å². The molecule has 0 heterocycles. The lowest BCUT2D eigenvalue weighted by Crippen LogP contribution is -2.52. The van der Waals surface area contributed by atoms with Gasteiger partial charge in [0, 0.05) is 18.8 Å². The Morgan fingerprint density at radius 2 is 1.21 bits per heavy atom. The summed E-state index contributed by atoms with van der Waals surface area (Å²) in [5, 5.41) is 22.2. The highest BCUT2D eigenvalue weighted by molar-refractivity contribution is 5.92. The summed E-state index contributed by atoms with van der Waals surface area (Å²) in [5.74, 6) is -4.19. The number of hydrogen-bond acceptors (Lipinski definition) is 5. The van der Waals surface area contributed by atoms with Crippen molar-refractivity contribution in [2.24, 2.45) is 5.92 Å². The molecule has 4 N–H and O–H groups in total. The van der Waals surface area contributed by atoms with E-state index in [0.29, 0.717) is 0 Å². The van der Waals surface area contributed by atoms with E-state index in [1.807, 2.05) is 0 Å². The quantitative estimate of drug-likeness (QED) is 0.410. The van der Waals surface area contributed by atoms with E-state index in [2.05, 4.69) is 10.6 Å². The van der Waals surface area contributed by atoms with E-state index < -0.39 is 47.5 Å². The van der Waals surface area contributed by atoms with E-state index in [4.69, 9.17) is 10.2 Å². The van der Waals surface area contributed by atoms with Gasteiger partial charge in [0.05, 0.1) is 6.04 Å². The molecule has 0 spiro atoms. The SMILES string of the molecule is CC(=O)C(CCC(=O)O)NC(=O)C(CCC(=O)O)NC(=O)C(C)C. The lowest BCUT2D eigenvalue weighted by molar-refractivity contribution is -0.139. The fraction of sp³-hybridized carbons (Fsp3) is 0.667. The minimum absolute atomic E-state index is 0.0832. The van der Waals surface area contributed by atoms with Gasteiger partial charge >= 0.3 is 11.9 Å². The van der Waals surface area contributed by atoms with Crippen LogP contribution in [0, 0.1) is 5.92 Å². The van der Waals surface area contributed by atoms with Crippen LogP contribution in [0.5, 0.6) is 0 Å². The van der Waals surface area contributed by atoms with Crippen LogP contribution in [0.4, 0.5) is 0 Å². The Kier molecular flexibility index (Phi) is 9.29. The second-order valence-electron chi connectivity index (χ2n) is 5.75. The Morgan fingerprint density at radius 1 is 0.792 bits per heavy atom. The van der Waals surface area contributed by atoms with Crippen LogP contribution in [-0.2, 0) is 24.0 Å². The predicted molar refractivity (Wildman–Crippen MR) is 83.1 cm³/mol. The molecule has 0 bridgehead atoms. The van der Waals surface area contributed by atoms with Crippen LogP contribution in [-0.4, -0.2) is 51.8 Å². The number of rotatable bonds is 11. The number of carboxylic acids is 2. The summed E-state index contributed by atoms with van der Waals surface area (Å²) >= 11 is 0. The third-order valence-corrected chi connectivity index (χ3v) is 3.26. The Hall–Kier alpha value is -2.45. The molecule has 0 aromatic rings.